The van der Waals surface area contributed by atoms with E-state index in [4.69, 9.17) is 0 Å². The number of rotatable bonds is 4. The van der Waals surface area contributed by atoms with Crippen LogP contribution in [0.2, 0.25) is 0 Å². The standard InChI is InChI=1S/C21H20F4N4O3/c22-14-8-13(14)18(30)26-15-3-1-2-4-16(15)29-9-11-6-5-10(7-12(11)19(29)31)17-27-20(32-28-17)21(23,24)25/h5-7,13-16H,1-4,8-9H2,(H,26,30)/t13?,14-,15+,16+/m0/s1. The van der Waals surface area contributed by atoms with Gasteiger partial charge in [-0.2, -0.15) is 18.2 Å². The molecular weight excluding hydrogens is 432 g/mol. The number of nitrogens with zero attached hydrogens (tertiary/aromatic N) is 3. The molecule has 3 aliphatic rings. The number of hydrogen-bond donors (Lipinski definition) is 1. The highest BCUT2D eigenvalue weighted by molar-refractivity contribution is 5.99. The number of fused-ring (bicyclic) bond motifs is 1. The summed E-state index contributed by atoms with van der Waals surface area (Å²) in [4.78, 5) is 30.5. The van der Waals surface area contributed by atoms with E-state index in [-0.39, 0.29) is 41.7 Å². The van der Waals surface area contributed by atoms with Gasteiger partial charge in [-0.1, -0.05) is 30.1 Å². The van der Waals surface area contributed by atoms with E-state index in [0.29, 0.717) is 24.9 Å². The fourth-order valence-corrected chi connectivity index (χ4v) is 4.56. The summed E-state index contributed by atoms with van der Waals surface area (Å²) in [6.45, 7) is 0.334. The molecule has 170 valence electrons. The van der Waals surface area contributed by atoms with Gasteiger partial charge < -0.3 is 14.7 Å². The largest absolute Gasteiger partial charge is 0.471 e. The van der Waals surface area contributed by atoms with Gasteiger partial charge in [0.2, 0.25) is 11.7 Å². The van der Waals surface area contributed by atoms with Crippen LogP contribution in [0.25, 0.3) is 11.4 Å². The SMILES string of the molecule is O=C(N[C@@H]1CCCC[C@H]1N1Cc2ccc(-c3noc(C(F)(F)F)n3)cc2C1=O)C1C[C@@H]1F. The lowest BCUT2D eigenvalue weighted by molar-refractivity contribution is -0.159. The maximum absolute atomic E-state index is 13.3. The average molecular weight is 452 g/mol. The van der Waals surface area contributed by atoms with Gasteiger partial charge in [-0.3, -0.25) is 9.59 Å². The average Bonchev–Trinajstić information content (AvgIpc) is 3.15. The van der Waals surface area contributed by atoms with Crippen molar-refractivity contribution in [3.63, 3.8) is 0 Å². The molecular formula is C21H20F4N4O3. The van der Waals surface area contributed by atoms with Crippen LogP contribution in [0.1, 0.15) is 53.9 Å². The van der Waals surface area contributed by atoms with Crippen molar-refractivity contribution < 1.29 is 31.7 Å². The van der Waals surface area contributed by atoms with Crippen molar-refractivity contribution in [1.29, 1.82) is 0 Å². The minimum Gasteiger partial charge on any atom is -0.351 e. The number of hydrogen-bond acceptors (Lipinski definition) is 5. The molecule has 7 nitrogen and oxygen atoms in total. The van der Waals surface area contributed by atoms with Crippen molar-refractivity contribution in [2.75, 3.05) is 0 Å². The molecule has 4 atom stereocenters. The second kappa shape index (κ2) is 7.56. The minimum atomic E-state index is -4.75. The third-order valence-electron chi connectivity index (χ3n) is 6.38. The quantitative estimate of drug-likeness (QED) is 0.718. The molecule has 0 saturated heterocycles. The molecule has 2 heterocycles. The van der Waals surface area contributed by atoms with Crippen molar-refractivity contribution in [3.05, 3.63) is 35.2 Å². The van der Waals surface area contributed by atoms with Crippen molar-refractivity contribution in [3.8, 4) is 11.4 Å². The van der Waals surface area contributed by atoms with E-state index in [9.17, 15) is 27.2 Å². The number of carbonyl (C=O) groups excluding carboxylic acids is 2. The first-order chi connectivity index (χ1) is 15.2. The van der Waals surface area contributed by atoms with Gasteiger partial charge in [0, 0.05) is 23.7 Å². The van der Waals surface area contributed by atoms with Gasteiger partial charge in [-0.25, -0.2) is 4.39 Å². The number of nitrogens with one attached hydrogen (secondary N) is 1. The number of amides is 2. The maximum atomic E-state index is 13.3. The Morgan fingerprint density at radius 2 is 1.97 bits per heavy atom. The molecule has 1 N–H and O–H groups in total. The highest BCUT2D eigenvalue weighted by Gasteiger charge is 2.46. The Hall–Kier alpha value is -2.98. The number of alkyl halides is 4. The van der Waals surface area contributed by atoms with E-state index in [1.807, 2.05) is 0 Å². The first-order valence-electron chi connectivity index (χ1n) is 10.5. The summed E-state index contributed by atoms with van der Waals surface area (Å²) in [6.07, 6.45) is -2.37. The zero-order chi connectivity index (χ0) is 22.6. The van der Waals surface area contributed by atoms with Gasteiger partial charge in [0.05, 0.1) is 12.0 Å². The predicted octanol–water partition coefficient (Wildman–Crippen LogP) is 3.50. The smallest absolute Gasteiger partial charge is 0.351 e. The molecule has 0 radical (unpaired) electrons. The van der Waals surface area contributed by atoms with Gasteiger partial charge in [0.25, 0.3) is 5.91 Å². The third kappa shape index (κ3) is 3.73. The summed E-state index contributed by atoms with van der Waals surface area (Å²) in [5.74, 6) is -2.86. The summed E-state index contributed by atoms with van der Waals surface area (Å²) >= 11 is 0. The lowest BCUT2D eigenvalue weighted by Gasteiger charge is -2.38. The Labute approximate surface area is 180 Å². The van der Waals surface area contributed by atoms with Crippen LogP contribution < -0.4 is 5.32 Å². The first-order valence-corrected chi connectivity index (χ1v) is 10.5. The predicted molar refractivity (Wildman–Crippen MR) is 102 cm³/mol. The van der Waals surface area contributed by atoms with Crippen LogP contribution in [0.5, 0.6) is 0 Å². The molecule has 2 amide bonds. The van der Waals surface area contributed by atoms with Crippen LogP contribution in [-0.4, -0.2) is 45.1 Å². The molecule has 1 unspecified atom stereocenters. The summed E-state index contributed by atoms with van der Waals surface area (Å²) in [5.41, 5.74) is 1.34. The summed E-state index contributed by atoms with van der Waals surface area (Å²) in [6, 6.07) is 4.20. The number of aromatic nitrogens is 2. The lowest BCUT2D eigenvalue weighted by Crippen LogP contribution is -2.53. The summed E-state index contributed by atoms with van der Waals surface area (Å²) in [7, 11) is 0. The highest BCUT2D eigenvalue weighted by atomic mass is 19.4. The molecule has 0 spiro atoms. The zero-order valence-corrected chi connectivity index (χ0v) is 16.9. The first kappa shape index (κ1) is 20.9. The zero-order valence-electron chi connectivity index (χ0n) is 16.9. The fourth-order valence-electron chi connectivity index (χ4n) is 4.56. The minimum absolute atomic E-state index is 0.227. The van der Waals surface area contributed by atoms with Gasteiger partial charge >= 0.3 is 12.1 Å². The van der Waals surface area contributed by atoms with E-state index in [1.165, 1.54) is 6.07 Å². The van der Waals surface area contributed by atoms with Crippen LogP contribution in [0.4, 0.5) is 17.6 Å². The number of benzene rings is 1. The van der Waals surface area contributed by atoms with Crippen LogP contribution >= 0.6 is 0 Å². The van der Waals surface area contributed by atoms with Crippen molar-refractivity contribution in [2.24, 2.45) is 5.92 Å². The summed E-state index contributed by atoms with van der Waals surface area (Å²) in [5, 5.41) is 6.30. The van der Waals surface area contributed by atoms with E-state index >= 15 is 0 Å². The van der Waals surface area contributed by atoms with Gasteiger partial charge in [-0.05, 0) is 30.9 Å². The molecule has 5 rings (SSSR count). The normalized spacial score (nSPS) is 27.4. The van der Waals surface area contributed by atoms with E-state index in [0.717, 1.165) is 18.4 Å². The monoisotopic (exact) mass is 452 g/mol. The molecule has 1 aromatic carbocycles. The van der Waals surface area contributed by atoms with Crippen LogP contribution in [0, 0.1) is 5.92 Å². The Kier molecular flexibility index (Phi) is 4.94. The molecule has 0 bridgehead atoms. The van der Waals surface area contributed by atoms with Crippen molar-refractivity contribution in [2.45, 2.75) is 63.1 Å². The molecule has 2 aromatic rings. The van der Waals surface area contributed by atoms with Crippen molar-refractivity contribution in [1.82, 2.24) is 20.4 Å². The van der Waals surface area contributed by atoms with Crippen LogP contribution in [-0.2, 0) is 17.5 Å². The Bertz CT molecular complexity index is 1070. The van der Waals surface area contributed by atoms with Crippen molar-refractivity contribution >= 4 is 11.8 Å². The topological polar surface area (TPSA) is 88.3 Å². The molecule has 2 fully saturated rings. The second-order valence-corrected chi connectivity index (χ2v) is 8.55. The number of halogens is 4. The van der Waals surface area contributed by atoms with Crippen LogP contribution in [0.15, 0.2) is 22.7 Å². The Morgan fingerprint density at radius 3 is 2.66 bits per heavy atom. The Balaban J connectivity index is 1.35. The lowest BCUT2D eigenvalue weighted by atomic mass is 9.89. The molecule has 1 aromatic heterocycles. The molecule has 1 aliphatic heterocycles. The van der Waals surface area contributed by atoms with Crippen LogP contribution in [0.3, 0.4) is 0 Å². The van der Waals surface area contributed by atoms with E-state index in [2.05, 4.69) is 20.0 Å². The maximum Gasteiger partial charge on any atom is 0.471 e. The summed E-state index contributed by atoms with van der Waals surface area (Å²) < 4.78 is 55.8. The Morgan fingerprint density at radius 1 is 1.22 bits per heavy atom. The fraction of sp³-hybridized carbons (Fsp3) is 0.524. The third-order valence-corrected chi connectivity index (χ3v) is 6.38. The van der Waals surface area contributed by atoms with Gasteiger partial charge in [-0.15, -0.1) is 0 Å². The highest BCUT2D eigenvalue weighted by Crippen LogP contribution is 2.36. The van der Waals surface area contributed by atoms with Gasteiger partial charge in [0.15, 0.2) is 0 Å². The molecule has 32 heavy (non-hydrogen) atoms. The van der Waals surface area contributed by atoms with E-state index in [1.54, 1.807) is 17.0 Å². The van der Waals surface area contributed by atoms with Gasteiger partial charge in [0.1, 0.15) is 6.17 Å². The number of carbonyl (C=O) groups is 2. The molecule has 2 saturated carbocycles. The molecule has 11 heteroatoms. The second-order valence-electron chi connectivity index (χ2n) is 8.55. The van der Waals surface area contributed by atoms with E-state index < -0.39 is 24.2 Å². The molecule has 2 aliphatic carbocycles.